The first-order chi connectivity index (χ1) is 15.2. The van der Waals surface area contributed by atoms with Gasteiger partial charge in [-0.15, -0.1) is 10.2 Å². The van der Waals surface area contributed by atoms with Crippen molar-refractivity contribution < 1.29 is 18.9 Å². The van der Waals surface area contributed by atoms with E-state index in [1.54, 1.807) is 39.3 Å². The fraction of sp³-hybridized carbons (Fsp3) is 0.227. The van der Waals surface area contributed by atoms with Crippen LogP contribution in [0.15, 0.2) is 48.8 Å². The van der Waals surface area contributed by atoms with Crippen LogP contribution < -0.4 is 24.3 Å². The molecule has 2 heterocycles. The van der Waals surface area contributed by atoms with Crippen molar-refractivity contribution in [3.05, 3.63) is 54.4 Å². The highest BCUT2D eigenvalue weighted by Gasteiger charge is 2.14. The van der Waals surface area contributed by atoms with E-state index < -0.39 is 0 Å². The molecule has 0 aliphatic heterocycles. The Morgan fingerprint density at radius 1 is 0.871 bits per heavy atom. The summed E-state index contributed by atoms with van der Waals surface area (Å²) < 4.78 is 23.2. The summed E-state index contributed by atoms with van der Waals surface area (Å²) in [6.07, 6.45) is 1.58. The van der Waals surface area contributed by atoms with Gasteiger partial charge in [-0.2, -0.15) is 9.61 Å². The van der Waals surface area contributed by atoms with Crippen LogP contribution in [0.4, 0.5) is 5.69 Å². The molecule has 0 radical (unpaired) electrons. The maximum atomic E-state index is 5.45. The molecule has 1 N–H and O–H groups in total. The summed E-state index contributed by atoms with van der Waals surface area (Å²) in [5.74, 6) is 2.54. The lowest BCUT2D eigenvalue weighted by Crippen LogP contribution is -2.05. The highest BCUT2D eigenvalue weighted by Crippen LogP contribution is 2.38. The molecule has 160 valence electrons. The lowest BCUT2D eigenvalue weighted by Gasteiger charge is -2.15. The smallest absolute Gasteiger partial charge is 0.203 e. The van der Waals surface area contributed by atoms with E-state index in [9.17, 15) is 0 Å². The van der Waals surface area contributed by atoms with Crippen molar-refractivity contribution in [3.63, 3.8) is 0 Å². The number of methoxy groups -OCH3 is 4. The van der Waals surface area contributed by atoms with Gasteiger partial charge in [0.15, 0.2) is 11.5 Å². The molecule has 0 atom stereocenters. The molecule has 9 nitrogen and oxygen atoms in total. The third-order valence-corrected chi connectivity index (χ3v) is 4.86. The highest BCUT2D eigenvalue weighted by molar-refractivity contribution is 5.73. The highest BCUT2D eigenvalue weighted by atomic mass is 16.5. The van der Waals surface area contributed by atoms with E-state index in [2.05, 4.69) is 20.6 Å². The number of fused-ring (bicyclic) bond motifs is 1. The minimum atomic E-state index is 0.505. The zero-order valence-electron chi connectivity index (χ0n) is 17.7. The van der Waals surface area contributed by atoms with E-state index in [1.807, 2.05) is 42.5 Å². The molecule has 0 saturated carbocycles. The van der Waals surface area contributed by atoms with Gasteiger partial charge < -0.3 is 24.3 Å². The Morgan fingerprint density at radius 3 is 2.19 bits per heavy atom. The maximum absolute atomic E-state index is 5.45. The average Bonchev–Trinajstić information content (AvgIpc) is 3.30. The topological polar surface area (TPSA) is 92.0 Å². The number of benzene rings is 2. The quantitative estimate of drug-likeness (QED) is 0.463. The maximum Gasteiger partial charge on any atom is 0.203 e. The van der Waals surface area contributed by atoms with Crippen molar-refractivity contribution in [2.75, 3.05) is 33.8 Å². The molecule has 31 heavy (non-hydrogen) atoms. The van der Waals surface area contributed by atoms with E-state index in [0.29, 0.717) is 29.4 Å². The molecular weight excluding hydrogens is 398 g/mol. The molecule has 9 heteroatoms. The SMILES string of the molecule is COc1ccc(-c2cc(NCc3cc(OC)c(OC)c(OC)c3)c3nncn3n2)cc1. The zero-order valence-corrected chi connectivity index (χ0v) is 17.7. The van der Waals surface area contributed by atoms with Crippen LogP contribution in [0, 0.1) is 0 Å². The fourth-order valence-electron chi connectivity index (χ4n) is 3.29. The van der Waals surface area contributed by atoms with Crippen molar-refractivity contribution in [1.82, 2.24) is 19.8 Å². The van der Waals surface area contributed by atoms with Crippen LogP contribution in [0.2, 0.25) is 0 Å². The van der Waals surface area contributed by atoms with Crippen LogP contribution in [-0.2, 0) is 6.54 Å². The van der Waals surface area contributed by atoms with Gasteiger partial charge in [0.05, 0.1) is 39.8 Å². The predicted molar refractivity (Wildman–Crippen MR) is 116 cm³/mol. The Balaban J connectivity index is 1.66. The number of aromatic nitrogens is 4. The van der Waals surface area contributed by atoms with Gasteiger partial charge in [-0.3, -0.25) is 0 Å². The van der Waals surface area contributed by atoms with Crippen LogP contribution in [0.1, 0.15) is 5.56 Å². The fourth-order valence-corrected chi connectivity index (χ4v) is 3.29. The minimum absolute atomic E-state index is 0.505. The Morgan fingerprint density at radius 2 is 1.58 bits per heavy atom. The summed E-state index contributed by atoms with van der Waals surface area (Å²) in [5, 5.41) is 16.2. The number of anilines is 1. The van der Waals surface area contributed by atoms with Gasteiger partial charge in [-0.1, -0.05) is 0 Å². The number of hydrogen-bond acceptors (Lipinski definition) is 8. The molecule has 0 fully saturated rings. The summed E-state index contributed by atoms with van der Waals surface area (Å²) in [4.78, 5) is 0. The monoisotopic (exact) mass is 421 g/mol. The van der Waals surface area contributed by atoms with E-state index >= 15 is 0 Å². The second-order valence-corrected chi connectivity index (χ2v) is 6.66. The Labute approximate surface area is 179 Å². The molecule has 0 spiro atoms. The predicted octanol–water partition coefficient (Wildman–Crippen LogP) is 3.44. The van der Waals surface area contributed by atoms with E-state index in [4.69, 9.17) is 18.9 Å². The van der Waals surface area contributed by atoms with Crippen LogP contribution in [0.25, 0.3) is 16.9 Å². The summed E-state index contributed by atoms with van der Waals surface area (Å²) in [7, 11) is 6.41. The summed E-state index contributed by atoms with van der Waals surface area (Å²) in [6.45, 7) is 0.505. The third kappa shape index (κ3) is 4.02. The van der Waals surface area contributed by atoms with E-state index in [0.717, 1.165) is 28.3 Å². The normalized spacial score (nSPS) is 10.7. The lowest BCUT2D eigenvalue weighted by atomic mass is 10.1. The van der Waals surface area contributed by atoms with Crippen molar-refractivity contribution in [1.29, 1.82) is 0 Å². The Bertz CT molecular complexity index is 1170. The second kappa shape index (κ2) is 8.78. The largest absolute Gasteiger partial charge is 0.497 e. The minimum Gasteiger partial charge on any atom is -0.497 e. The summed E-state index contributed by atoms with van der Waals surface area (Å²) in [5.41, 5.74) is 4.11. The van der Waals surface area contributed by atoms with Gasteiger partial charge in [0, 0.05) is 12.1 Å². The number of nitrogens with zero attached hydrogens (tertiary/aromatic N) is 4. The third-order valence-electron chi connectivity index (χ3n) is 4.86. The van der Waals surface area contributed by atoms with E-state index in [1.165, 1.54) is 0 Å². The number of rotatable bonds is 8. The first-order valence-corrected chi connectivity index (χ1v) is 9.55. The van der Waals surface area contributed by atoms with Crippen LogP contribution in [-0.4, -0.2) is 48.3 Å². The molecule has 0 saturated heterocycles. The van der Waals surface area contributed by atoms with Crippen LogP contribution in [0.3, 0.4) is 0 Å². The molecule has 0 amide bonds. The van der Waals surface area contributed by atoms with Gasteiger partial charge in [0.25, 0.3) is 0 Å². The average molecular weight is 421 g/mol. The number of ether oxygens (including phenoxy) is 4. The van der Waals surface area contributed by atoms with Gasteiger partial charge in [-0.25, -0.2) is 0 Å². The zero-order chi connectivity index (χ0) is 21.8. The van der Waals surface area contributed by atoms with Gasteiger partial charge in [-0.05, 0) is 48.0 Å². The summed E-state index contributed by atoms with van der Waals surface area (Å²) in [6, 6.07) is 13.5. The van der Waals surface area contributed by atoms with Crippen LogP contribution >= 0.6 is 0 Å². The molecule has 4 aromatic rings. The van der Waals surface area contributed by atoms with Gasteiger partial charge in [0.2, 0.25) is 11.4 Å². The van der Waals surface area contributed by atoms with Crippen molar-refractivity contribution in [2.45, 2.75) is 6.54 Å². The molecule has 2 aromatic carbocycles. The van der Waals surface area contributed by atoms with Crippen molar-refractivity contribution >= 4 is 11.3 Å². The standard InChI is InChI=1S/C22H23N5O4/c1-28-16-7-5-15(6-8-16)17-11-18(22-25-24-13-27(22)26-17)23-12-14-9-19(29-2)21(31-4)20(10-14)30-3/h5-11,13,23H,12H2,1-4H3. The number of nitrogens with one attached hydrogen (secondary N) is 1. The van der Waals surface area contributed by atoms with E-state index in [-0.39, 0.29) is 0 Å². The number of hydrogen-bond donors (Lipinski definition) is 1. The Hall–Kier alpha value is -4.01. The molecule has 0 unspecified atom stereocenters. The Kier molecular flexibility index (Phi) is 5.74. The second-order valence-electron chi connectivity index (χ2n) is 6.66. The molecule has 4 rings (SSSR count). The van der Waals surface area contributed by atoms with Gasteiger partial charge in [0.1, 0.15) is 12.1 Å². The first-order valence-electron chi connectivity index (χ1n) is 9.55. The molecule has 0 aliphatic carbocycles. The lowest BCUT2D eigenvalue weighted by molar-refractivity contribution is 0.324. The molecule has 2 aromatic heterocycles. The van der Waals surface area contributed by atoms with Gasteiger partial charge >= 0.3 is 0 Å². The first kappa shape index (κ1) is 20.3. The molecule has 0 aliphatic rings. The van der Waals surface area contributed by atoms with Crippen molar-refractivity contribution in [2.24, 2.45) is 0 Å². The van der Waals surface area contributed by atoms with Crippen molar-refractivity contribution in [3.8, 4) is 34.3 Å². The molecule has 0 bridgehead atoms. The summed E-state index contributed by atoms with van der Waals surface area (Å²) >= 11 is 0. The molecular formula is C22H23N5O4. The van der Waals surface area contributed by atoms with Crippen LogP contribution in [0.5, 0.6) is 23.0 Å².